The molecule has 0 rings (SSSR count). The number of hydrogen-bond donors (Lipinski definition) is 1. The zero-order chi connectivity index (χ0) is 14.1. The number of rotatable bonds is 8. The molecule has 1 atom stereocenters. The molecular weight excluding hydrogens is 232 g/mol. The van der Waals surface area contributed by atoms with E-state index in [-0.39, 0.29) is 18.5 Å². The van der Waals surface area contributed by atoms with E-state index in [1.54, 1.807) is 23.8 Å². The highest BCUT2D eigenvalue weighted by Gasteiger charge is 2.23. The number of amides is 2. The molecule has 5 heteroatoms. The maximum Gasteiger partial charge on any atom is 0.319 e. The van der Waals surface area contributed by atoms with E-state index in [0.29, 0.717) is 6.54 Å². The van der Waals surface area contributed by atoms with Gasteiger partial charge >= 0.3 is 12.0 Å². The van der Waals surface area contributed by atoms with Gasteiger partial charge in [-0.2, -0.15) is 0 Å². The van der Waals surface area contributed by atoms with E-state index in [1.807, 2.05) is 6.92 Å². The van der Waals surface area contributed by atoms with Crippen LogP contribution < -0.4 is 0 Å². The highest BCUT2D eigenvalue weighted by Crippen LogP contribution is 2.08. The van der Waals surface area contributed by atoms with Crippen molar-refractivity contribution in [3.63, 3.8) is 0 Å². The quantitative estimate of drug-likeness (QED) is 0.680. The van der Waals surface area contributed by atoms with E-state index in [2.05, 4.69) is 6.92 Å². The first-order chi connectivity index (χ1) is 8.43. The van der Waals surface area contributed by atoms with Gasteiger partial charge in [-0.05, 0) is 20.3 Å². The first-order valence-corrected chi connectivity index (χ1v) is 6.67. The largest absolute Gasteiger partial charge is 0.481 e. The van der Waals surface area contributed by atoms with E-state index in [0.717, 1.165) is 25.8 Å². The fourth-order valence-electron chi connectivity index (χ4n) is 1.91. The Labute approximate surface area is 110 Å². The number of aliphatic carboxylic acids is 1. The van der Waals surface area contributed by atoms with Crippen molar-refractivity contribution in [3.05, 3.63) is 0 Å². The summed E-state index contributed by atoms with van der Waals surface area (Å²) in [7, 11) is 1.77. The molecule has 1 N–H and O–H groups in total. The third-order valence-electron chi connectivity index (χ3n) is 3.01. The molecule has 2 amide bonds. The number of unbranched alkanes of at least 4 members (excludes halogenated alkanes) is 2. The number of carboxylic acid groups (broad SMARTS) is 1. The average Bonchev–Trinajstić information content (AvgIpc) is 2.28. The van der Waals surface area contributed by atoms with Crippen LogP contribution in [0.1, 0.15) is 46.5 Å². The van der Waals surface area contributed by atoms with Crippen molar-refractivity contribution in [3.8, 4) is 0 Å². The van der Waals surface area contributed by atoms with Crippen LogP contribution in [0.2, 0.25) is 0 Å². The van der Waals surface area contributed by atoms with Crippen LogP contribution in [0.15, 0.2) is 0 Å². The molecule has 0 fully saturated rings. The van der Waals surface area contributed by atoms with Gasteiger partial charge in [0.25, 0.3) is 0 Å². The lowest BCUT2D eigenvalue weighted by Gasteiger charge is -2.31. The number of hydrogen-bond acceptors (Lipinski definition) is 2. The summed E-state index contributed by atoms with van der Waals surface area (Å²) in [6, 6.07) is -0.351. The molecule has 0 saturated carbocycles. The number of carbonyl (C=O) groups excluding carboxylic acids is 1. The smallest absolute Gasteiger partial charge is 0.319 e. The first-order valence-electron chi connectivity index (χ1n) is 6.67. The standard InChI is InChI=1S/C13H26N2O3/c1-5-7-8-9-14(4)13(18)15(6-2)11(3)10-12(16)17/h11H,5-10H2,1-4H3,(H,16,17). The lowest BCUT2D eigenvalue weighted by atomic mass is 10.2. The van der Waals surface area contributed by atoms with Gasteiger partial charge in [-0.1, -0.05) is 19.8 Å². The van der Waals surface area contributed by atoms with Gasteiger partial charge in [0.1, 0.15) is 0 Å². The summed E-state index contributed by atoms with van der Waals surface area (Å²) >= 11 is 0. The predicted molar refractivity (Wildman–Crippen MR) is 71.6 cm³/mol. The van der Waals surface area contributed by atoms with Crippen LogP contribution in [0.5, 0.6) is 0 Å². The Morgan fingerprint density at radius 2 is 1.83 bits per heavy atom. The summed E-state index contributed by atoms with van der Waals surface area (Å²) in [6.45, 7) is 7.02. The minimum absolute atomic E-state index is 0.0115. The van der Waals surface area contributed by atoms with Crippen molar-refractivity contribution in [2.75, 3.05) is 20.1 Å². The zero-order valence-corrected chi connectivity index (χ0v) is 12.0. The molecule has 0 aromatic heterocycles. The molecule has 1 unspecified atom stereocenters. The van der Waals surface area contributed by atoms with E-state index in [1.165, 1.54) is 0 Å². The number of carbonyl (C=O) groups is 2. The highest BCUT2D eigenvalue weighted by atomic mass is 16.4. The molecule has 18 heavy (non-hydrogen) atoms. The number of nitrogens with zero attached hydrogens (tertiary/aromatic N) is 2. The van der Waals surface area contributed by atoms with Gasteiger partial charge in [-0.15, -0.1) is 0 Å². The van der Waals surface area contributed by atoms with E-state index >= 15 is 0 Å². The predicted octanol–water partition coefficient (Wildman–Crippen LogP) is 2.41. The Hall–Kier alpha value is -1.26. The molecule has 0 radical (unpaired) electrons. The van der Waals surface area contributed by atoms with Crippen molar-refractivity contribution in [1.29, 1.82) is 0 Å². The molecule has 0 spiro atoms. The summed E-state index contributed by atoms with van der Waals surface area (Å²) in [5.74, 6) is -0.873. The van der Waals surface area contributed by atoms with Gasteiger partial charge in [-0.25, -0.2) is 4.79 Å². The van der Waals surface area contributed by atoms with Gasteiger partial charge < -0.3 is 14.9 Å². The Morgan fingerprint density at radius 3 is 2.28 bits per heavy atom. The van der Waals surface area contributed by atoms with Gasteiger partial charge in [-0.3, -0.25) is 4.79 Å². The molecule has 0 aliphatic heterocycles. The van der Waals surface area contributed by atoms with Crippen molar-refractivity contribution >= 4 is 12.0 Å². The van der Waals surface area contributed by atoms with Crippen molar-refractivity contribution in [2.24, 2.45) is 0 Å². The monoisotopic (exact) mass is 258 g/mol. The van der Waals surface area contributed by atoms with E-state index < -0.39 is 5.97 Å². The van der Waals surface area contributed by atoms with E-state index in [9.17, 15) is 9.59 Å². The molecule has 0 heterocycles. The number of carboxylic acids is 1. The second kappa shape index (κ2) is 8.78. The Bertz CT molecular complexity index is 269. The van der Waals surface area contributed by atoms with Gasteiger partial charge in [0, 0.05) is 26.2 Å². The zero-order valence-electron chi connectivity index (χ0n) is 12.0. The minimum Gasteiger partial charge on any atom is -0.481 e. The van der Waals surface area contributed by atoms with Crippen LogP contribution >= 0.6 is 0 Å². The lowest BCUT2D eigenvalue weighted by molar-refractivity contribution is -0.138. The highest BCUT2D eigenvalue weighted by molar-refractivity contribution is 5.75. The second-order valence-electron chi connectivity index (χ2n) is 4.64. The molecule has 0 saturated heterocycles. The molecule has 0 bridgehead atoms. The fourth-order valence-corrected chi connectivity index (χ4v) is 1.91. The van der Waals surface area contributed by atoms with Gasteiger partial charge in [0.15, 0.2) is 0 Å². The van der Waals surface area contributed by atoms with Crippen LogP contribution in [0.3, 0.4) is 0 Å². The van der Waals surface area contributed by atoms with Crippen LogP contribution in [-0.2, 0) is 4.79 Å². The third kappa shape index (κ3) is 5.89. The van der Waals surface area contributed by atoms with Crippen LogP contribution in [-0.4, -0.2) is 53.1 Å². The minimum atomic E-state index is -0.873. The first kappa shape index (κ1) is 16.7. The fraction of sp³-hybridized carbons (Fsp3) is 0.846. The van der Waals surface area contributed by atoms with Crippen LogP contribution in [0, 0.1) is 0 Å². The summed E-state index contributed by atoms with van der Waals surface area (Å²) < 4.78 is 0. The van der Waals surface area contributed by atoms with Crippen molar-refractivity contribution in [2.45, 2.75) is 52.5 Å². The number of urea groups is 1. The second-order valence-corrected chi connectivity index (χ2v) is 4.64. The Balaban J connectivity index is 4.35. The Kier molecular flexibility index (Phi) is 8.16. The molecular formula is C13H26N2O3. The Morgan fingerprint density at radius 1 is 1.22 bits per heavy atom. The molecule has 0 aliphatic rings. The summed E-state index contributed by atoms with van der Waals surface area (Å²) in [6.07, 6.45) is 3.20. The van der Waals surface area contributed by atoms with E-state index in [4.69, 9.17) is 5.11 Å². The van der Waals surface area contributed by atoms with Crippen LogP contribution in [0.25, 0.3) is 0 Å². The maximum atomic E-state index is 12.2. The molecule has 106 valence electrons. The summed E-state index contributed by atoms with van der Waals surface area (Å²) in [5.41, 5.74) is 0. The third-order valence-corrected chi connectivity index (χ3v) is 3.01. The molecule has 0 aromatic rings. The molecule has 0 aliphatic carbocycles. The maximum absolute atomic E-state index is 12.2. The molecule has 0 aromatic carbocycles. The molecule has 5 nitrogen and oxygen atoms in total. The average molecular weight is 258 g/mol. The summed E-state index contributed by atoms with van der Waals surface area (Å²) in [4.78, 5) is 26.1. The van der Waals surface area contributed by atoms with Gasteiger partial charge in [0.2, 0.25) is 0 Å². The van der Waals surface area contributed by atoms with Crippen LogP contribution in [0.4, 0.5) is 4.79 Å². The topological polar surface area (TPSA) is 60.9 Å². The SMILES string of the molecule is CCCCCN(C)C(=O)N(CC)C(C)CC(=O)O. The lowest BCUT2D eigenvalue weighted by Crippen LogP contribution is -2.46. The van der Waals surface area contributed by atoms with Crippen molar-refractivity contribution < 1.29 is 14.7 Å². The normalized spacial score (nSPS) is 12.0. The summed E-state index contributed by atoms with van der Waals surface area (Å²) in [5, 5.41) is 8.77. The van der Waals surface area contributed by atoms with Crippen molar-refractivity contribution in [1.82, 2.24) is 9.80 Å². The van der Waals surface area contributed by atoms with Gasteiger partial charge in [0.05, 0.1) is 6.42 Å².